The van der Waals surface area contributed by atoms with E-state index in [1.807, 2.05) is 22.6 Å². The fourth-order valence-electron chi connectivity index (χ4n) is 2.25. The van der Waals surface area contributed by atoms with Crippen LogP contribution in [0.2, 0.25) is 0 Å². The maximum atomic E-state index is 12.0. The van der Waals surface area contributed by atoms with Crippen molar-refractivity contribution in [1.82, 2.24) is 0 Å². The summed E-state index contributed by atoms with van der Waals surface area (Å²) in [5, 5.41) is 29.3. The molecule has 6 nitrogen and oxygen atoms in total. The first-order chi connectivity index (χ1) is 13.3. The molecule has 0 unspecified atom stereocenters. The Labute approximate surface area is 176 Å². The number of phenolic OH excluding ortho intramolecular Hbond substituents is 2. The van der Waals surface area contributed by atoms with Crippen molar-refractivity contribution < 1.29 is 29.6 Å². The number of phenols is 2. The molecule has 2 aromatic carbocycles. The first-order valence-corrected chi connectivity index (χ1v) is 9.16. The van der Waals surface area contributed by atoms with Gasteiger partial charge in [-0.05, 0) is 70.1 Å². The molecule has 0 atom stereocenters. The Morgan fingerprint density at radius 1 is 0.964 bits per heavy atom. The number of hydrogen-bond acceptors (Lipinski definition) is 6. The third kappa shape index (κ3) is 5.78. The summed E-state index contributed by atoms with van der Waals surface area (Å²) >= 11 is 1.97. The molecule has 0 aliphatic rings. The van der Waals surface area contributed by atoms with Gasteiger partial charge in [0.05, 0.1) is 17.8 Å². The Balaban J connectivity index is 2.09. The van der Waals surface area contributed by atoms with Gasteiger partial charge in [-0.3, -0.25) is 4.79 Å². The van der Waals surface area contributed by atoms with Gasteiger partial charge in [0.25, 0.3) is 0 Å². The standard InChI is InChI=1S/C21H19IO6/c1-27-19-10-13(5-8-18(19)25)3-6-15(23)12-16(24)7-4-14-9-17(22)21(26)20(11-14)28-2/h3-12,24-26H,1-2H3/b6-3?,7-4?,16-12-/i22-2. The van der Waals surface area contributed by atoms with E-state index in [1.54, 1.807) is 36.4 Å². The predicted octanol–water partition coefficient (Wildman–Crippen LogP) is 4.46. The second-order valence-corrected chi connectivity index (χ2v) is 6.79. The first kappa shape index (κ1) is 21.4. The second-order valence-electron chi connectivity index (χ2n) is 5.62. The number of carbonyl (C=O) groups is 1. The molecule has 2 rings (SSSR count). The second kappa shape index (κ2) is 9.84. The quantitative estimate of drug-likeness (QED) is 0.229. The molecule has 0 fully saturated rings. The fourth-order valence-corrected chi connectivity index (χ4v) is 2.87. The van der Waals surface area contributed by atoms with E-state index in [9.17, 15) is 20.1 Å². The lowest BCUT2D eigenvalue weighted by Gasteiger charge is -2.06. The lowest BCUT2D eigenvalue weighted by Crippen LogP contribution is -1.90. The number of ether oxygens (including phenoxy) is 2. The number of ketones is 1. The minimum atomic E-state index is -0.410. The van der Waals surface area contributed by atoms with Gasteiger partial charge < -0.3 is 24.8 Å². The van der Waals surface area contributed by atoms with Crippen molar-refractivity contribution in [2.45, 2.75) is 0 Å². The molecule has 7 heteroatoms. The van der Waals surface area contributed by atoms with Crippen LogP contribution in [0, 0.1) is 3.57 Å². The topological polar surface area (TPSA) is 96.2 Å². The van der Waals surface area contributed by atoms with Crippen LogP contribution in [0.15, 0.2) is 54.3 Å². The summed E-state index contributed by atoms with van der Waals surface area (Å²) in [6, 6.07) is 8.00. The van der Waals surface area contributed by atoms with Crippen LogP contribution in [0.1, 0.15) is 11.1 Å². The number of methoxy groups -OCH3 is 2. The molecule has 0 heterocycles. The van der Waals surface area contributed by atoms with Crippen LogP contribution in [0.25, 0.3) is 12.2 Å². The number of carbonyl (C=O) groups excluding carboxylic acids is 1. The van der Waals surface area contributed by atoms with E-state index in [4.69, 9.17) is 9.47 Å². The Morgan fingerprint density at radius 2 is 1.61 bits per heavy atom. The average Bonchev–Trinajstić information content (AvgIpc) is 2.68. The van der Waals surface area contributed by atoms with E-state index in [0.29, 0.717) is 26.2 Å². The van der Waals surface area contributed by atoms with E-state index in [0.717, 1.165) is 6.08 Å². The summed E-state index contributed by atoms with van der Waals surface area (Å²) in [6.07, 6.45) is 6.88. The maximum Gasteiger partial charge on any atom is 0.182 e. The highest BCUT2D eigenvalue weighted by Crippen LogP contribution is 2.32. The predicted molar refractivity (Wildman–Crippen MR) is 116 cm³/mol. The Bertz CT molecular complexity index is 960. The van der Waals surface area contributed by atoms with Gasteiger partial charge in [0.15, 0.2) is 28.8 Å². The van der Waals surface area contributed by atoms with Gasteiger partial charge in [0.2, 0.25) is 0 Å². The number of halogens is 1. The molecule has 0 aliphatic carbocycles. The van der Waals surface area contributed by atoms with Crippen molar-refractivity contribution in [3.05, 3.63) is 69.0 Å². The van der Waals surface area contributed by atoms with Gasteiger partial charge in [-0.1, -0.05) is 18.2 Å². The van der Waals surface area contributed by atoms with Crippen LogP contribution in [0.4, 0.5) is 0 Å². The third-order valence-electron chi connectivity index (χ3n) is 3.65. The van der Waals surface area contributed by atoms with E-state index in [1.165, 1.54) is 32.4 Å². The summed E-state index contributed by atoms with van der Waals surface area (Å²) in [5.74, 6) is 0.0423. The number of aliphatic hydroxyl groups excluding tert-OH is 1. The monoisotopic (exact) mass is 492 g/mol. The van der Waals surface area contributed by atoms with E-state index in [2.05, 4.69) is 0 Å². The highest BCUT2D eigenvalue weighted by atomic mass is 125. The Hall–Kier alpha value is -2.94. The zero-order valence-corrected chi connectivity index (χ0v) is 17.4. The van der Waals surface area contributed by atoms with Crippen LogP contribution in [-0.2, 0) is 4.79 Å². The fraction of sp³-hybridized carbons (Fsp3) is 0.0952. The lowest BCUT2D eigenvalue weighted by atomic mass is 10.1. The van der Waals surface area contributed by atoms with Gasteiger partial charge in [0.1, 0.15) is 5.76 Å². The van der Waals surface area contributed by atoms with E-state index >= 15 is 0 Å². The molecule has 28 heavy (non-hydrogen) atoms. The molecule has 0 amide bonds. The van der Waals surface area contributed by atoms with Gasteiger partial charge >= 0.3 is 0 Å². The molecule has 0 aliphatic heterocycles. The zero-order chi connectivity index (χ0) is 20.7. The average molecular weight is 492 g/mol. The van der Waals surface area contributed by atoms with Crippen LogP contribution in [0.3, 0.4) is 0 Å². The van der Waals surface area contributed by atoms with Crippen LogP contribution in [-0.4, -0.2) is 35.3 Å². The third-order valence-corrected chi connectivity index (χ3v) is 4.47. The molecule has 0 aromatic heterocycles. The normalized spacial score (nSPS) is 11.9. The number of aromatic hydroxyl groups is 2. The summed E-state index contributed by atoms with van der Waals surface area (Å²) in [7, 11) is 2.89. The van der Waals surface area contributed by atoms with Crippen LogP contribution < -0.4 is 9.47 Å². The molecular formula is C21H19IO6. The summed E-state index contributed by atoms with van der Waals surface area (Å²) in [5.41, 5.74) is 1.36. The number of rotatable bonds is 7. The molecule has 0 saturated heterocycles. The smallest absolute Gasteiger partial charge is 0.182 e. The Morgan fingerprint density at radius 3 is 2.29 bits per heavy atom. The summed E-state index contributed by atoms with van der Waals surface area (Å²) in [6.45, 7) is 0. The van der Waals surface area contributed by atoms with Crippen LogP contribution in [0.5, 0.6) is 23.0 Å². The number of aliphatic hydroxyl groups is 1. The maximum absolute atomic E-state index is 12.0. The SMILES string of the molecule is COc1cc(C=CC(=O)/C=C(\O)C=Cc2cc([125I])c(O)c(OC)c2)ccc1O. The minimum absolute atomic E-state index is 0.00850. The van der Waals surface area contributed by atoms with Gasteiger partial charge in [-0.2, -0.15) is 0 Å². The molecule has 0 saturated carbocycles. The number of hydrogen-bond donors (Lipinski definition) is 3. The molecule has 3 N–H and O–H groups in total. The van der Waals surface area contributed by atoms with Crippen molar-refractivity contribution in [2.75, 3.05) is 14.2 Å². The molecule has 2 aromatic rings. The minimum Gasteiger partial charge on any atom is -0.508 e. The van der Waals surface area contributed by atoms with Crippen molar-refractivity contribution in [3.63, 3.8) is 0 Å². The van der Waals surface area contributed by atoms with Crippen molar-refractivity contribution in [3.8, 4) is 23.0 Å². The molecule has 0 bridgehead atoms. The first-order valence-electron chi connectivity index (χ1n) is 8.08. The van der Waals surface area contributed by atoms with E-state index in [-0.39, 0.29) is 17.3 Å². The highest BCUT2D eigenvalue weighted by Gasteiger charge is 2.07. The largest absolute Gasteiger partial charge is 0.508 e. The zero-order valence-electron chi connectivity index (χ0n) is 15.2. The van der Waals surface area contributed by atoms with Crippen LogP contribution >= 0.6 is 22.6 Å². The molecule has 0 radical (unpaired) electrons. The van der Waals surface area contributed by atoms with Crippen molar-refractivity contribution in [2.24, 2.45) is 0 Å². The van der Waals surface area contributed by atoms with E-state index < -0.39 is 5.78 Å². The summed E-state index contributed by atoms with van der Waals surface area (Å²) in [4.78, 5) is 12.0. The highest BCUT2D eigenvalue weighted by molar-refractivity contribution is 14.1. The van der Waals surface area contributed by atoms with Crippen molar-refractivity contribution in [1.29, 1.82) is 0 Å². The van der Waals surface area contributed by atoms with Gasteiger partial charge in [-0.15, -0.1) is 0 Å². The molecular weight excluding hydrogens is 473 g/mol. The lowest BCUT2D eigenvalue weighted by molar-refractivity contribution is -0.110. The number of allylic oxidation sites excluding steroid dienone is 3. The van der Waals surface area contributed by atoms with Gasteiger partial charge in [0, 0.05) is 6.08 Å². The van der Waals surface area contributed by atoms with Gasteiger partial charge in [-0.25, -0.2) is 0 Å². The Kier molecular flexibility index (Phi) is 7.51. The summed E-state index contributed by atoms with van der Waals surface area (Å²) < 4.78 is 10.7. The molecule has 146 valence electrons. The number of benzene rings is 2. The van der Waals surface area contributed by atoms with Crippen molar-refractivity contribution >= 4 is 40.5 Å². The molecule has 0 spiro atoms.